The Labute approximate surface area is 182 Å². The predicted molar refractivity (Wildman–Crippen MR) is 119 cm³/mol. The number of carbonyl (C=O) groups is 2. The number of methoxy groups -OCH3 is 1. The van der Waals surface area contributed by atoms with E-state index in [1.807, 2.05) is 6.92 Å². The number of benzene rings is 2. The summed E-state index contributed by atoms with van der Waals surface area (Å²) in [6, 6.07) is 10.8. The molecule has 166 valence electrons. The number of para-hydroxylation sites is 1. The Morgan fingerprint density at radius 2 is 1.97 bits per heavy atom. The number of amides is 2. The Balaban J connectivity index is 1.90. The highest BCUT2D eigenvalue weighted by Crippen LogP contribution is 2.34. The van der Waals surface area contributed by atoms with Crippen LogP contribution >= 0.6 is 0 Å². The Morgan fingerprint density at radius 1 is 1.19 bits per heavy atom. The van der Waals surface area contributed by atoms with Gasteiger partial charge < -0.3 is 15.0 Å². The lowest BCUT2D eigenvalue weighted by Gasteiger charge is -2.20. The SMILES string of the molecule is CCCCNC(=O)c1ccccc1NS(=O)(=O)c1ccc(OC)c(N2CCCC2=O)c1. The topological polar surface area (TPSA) is 105 Å². The molecular formula is C22H27N3O5S. The van der Waals surface area contributed by atoms with Gasteiger partial charge in [-0.05, 0) is 43.2 Å². The van der Waals surface area contributed by atoms with Crippen molar-refractivity contribution in [1.29, 1.82) is 0 Å². The highest BCUT2D eigenvalue weighted by molar-refractivity contribution is 7.92. The molecule has 8 nitrogen and oxygen atoms in total. The normalized spacial score (nSPS) is 13.9. The first-order valence-corrected chi connectivity index (χ1v) is 11.7. The summed E-state index contributed by atoms with van der Waals surface area (Å²) in [4.78, 5) is 26.2. The number of anilines is 2. The first-order valence-electron chi connectivity index (χ1n) is 10.3. The van der Waals surface area contributed by atoms with Gasteiger partial charge in [0.05, 0.1) is 28.9 Å². The van der Waals surface area contributed by atoms with Gasteiger partial charge in [0.15, 0.2) is 0 Å². The van der Waals surface area contributed by atoms with E-state index in [0.29, 0.717) is 37.4 Å². The van der Waals surface area contributed by atoms with E-state index < -0.39 is 10.0 Å². The first-order chi connectivity index (χ1) is 14.9. The Kier molecular flexibility index (Phi) is 7.17. The summed E-state index contributed by atoms with van der Waals surface area (Å²) < 4.78 is 34.0. The van der Waals surface area contributed by atoms with Crippen molar-refractivity contribution in [2.24, 2.45) is 0 Å². The summed E-state index contributed by atoms with van der Waals surface area (Å²) in [6.07, 6.45) is 2.90. The Hall–Kier alpha value is -3.07. The minimum absolute atomic E-state index is 0.0239. The molecule has 0 aliphatic carbocycles. The summed E-state index contributed by atoms with van der Waals surface area (Å²) in [5, 5.41) is 2.80. The molecule has 2 aromatic carbocycles. The molecule has 1 aliphatic rings. The van der Waals surface area contributed by atoms with Gasteiger partial charge in [-0.25, -0.2) is 8.42 Å². The second-order valence-electron chi connectivity index (χ2n) is 7.24. The lowest BCUT2D eigenvalue weighted by atomic mass is 10.1. The zero-order valence-corrected chi connectivity index (χ0v) is 18.5. The number of hydrogen-bond donors (Lipinski definition) is 2. The minimum atomic E-state index is -4.01. The van der Waals surface area contributed by atoms with Crippen LogP contribution in [0.15, 0.2) is 47.4 Å². The summed E-state index contributed by atoms with van der Waals surface area (Å²) in [6.45, 7) is 3.04. The van der Waals surface area contributed by atoms with Crippen LogP contribution < -0.4 is 19.7 Å². The van der Waals surface area contributed by atoms with E-state index in [1.54, 1.807) is 24.3 Å². The maximum absolute atomic E-state index is 13.1. The number of carbonyl (C=O) groups excluding carboxylic acids is 2. The van der Waals surface area contributed by atoms with Crippen molar-refractivity contribution in [3.8, 4) is 5.75 Å². The van der Waals surface area contributed by atoms with Crippen molar-refractivity contribution < 1.29 is 22.7 Å². The first kappa shape index (κ1) is 22.6. The van der Waals surface area contributed by atoms with Crippen molar-refractivity contribution in [2.45, 2.75) is 37.5 Å². The third kappa shape index (κ3) is 5.16. The number of unbranched alkanes of at least 4 members (excludes halogenated alkanes) is 1. The van der Waals surface area contributed by atoms with E-state index in [4.69, 9.17) is 4.74 Å². The minimum Gasteiger partial charge on any atom is -0.495 e. The molecule has 9 heteroatoms. The fourth-order valence-electron chi connectivity index (χ4n) is 3.40. The maximum atomic E-state index is 13.1. The number of rotatable bonds is 9. The smallest absolute Gasteiger partial charge is 0.261 e. The molecule has 2 N–H and O–H groups in total. The summed E-state index contributed by atoms with van der Waals surface area (Å²) in [7, 11) is -2.54. The van der Waals surface area contributed by atoms with Gasteiger partial charge in [0, 0.05) is 19.5 Å². The molecule has 1 saturated heterocycles. The van der Waals surface area contributed by atoms with Crippen molar-refractivity contribution >= 4 is 33.2 Å². The molecule has 0 atom stereocenters. The van der Waals surface area contributed by atoms with Crippen LogP contribution in [0.25, 0.3) is 0 Å². The molecule has 3 rings (SSSR count). The summed E-state index contributed by atoms with van der Waals surface area (Å²) in [5.41, 5.74) is 0.843. The molecule has 0 bridgehead atoms. The molecule has 1 heterocycles. The van der Waals surface area contributed by atoms with Gasteiger partial charge in [-0.15, -0.1) is 0 Å². The third-order valence-electron chi connectivity index (χ3n) is 5.06. The molecule has 0 spiro atoms. The van der Waals surface area contributed by atoms with Gasteiger partial charge in [-0.1, -0.05) is 25.5 Å². The molecule has 31 heavy (non-hydrogen) atoms. The predicted octanol–water partition coefficient (Wildman–Crippen LogP) is 3.15. The fraction of sp³-hybridized carbons (Fsp3) is 0.364. The fourth-order valence-corrected chi connectivity index (χ4v) is 4.50. The number of sulfonamides is 1. The van der Waals surface area contributed by atoms with E-state index in [-0.39, 0.29) is 28.0 Å². The summed E-state index contributed by atoms with van der Waals surface area (Å²) in [5.74, 6) is 0.00429. The molecule has 0 aromatic heterocycles. The largest absolute Gasteiger partial charge is 0.495 e. The number of nitrogens with one attached hydrogen (secondary N) is 2. The number of ether oxygens (including phenoxy) is 1. The van der Waals surface area contributed by atoms with Crippen LogP contribution in [0.4, 0.5) is 11.4 Å². The average Bonchev–Trinajstić information content (AvgIpc) is 3.19. The van der Waals surface area contributed by atoms with Crippen molar-refractivity contribution in [3.05, 3.63) is 48.0 Å². The van der Waals surface area contributed by atoms with Gasteiger partial charge in [-0.2, -0.15) is 0 Å². The molecule has 1 fully saturated rings. The summed E-state index contributed by atoms with van der Waals surface area (Å²) >= 11 is 0. The second-order valence-corrected chi connectivity index (χ2v) is 8.93. The van der Waals surface area contributed by atoms with E-state index in [0.717, 1.165) is 12.8 Å². The quantitative estimate of drug-likeness (QED) is 0.577. The van der Waals surface area contributed by atoms with Crippen LogP contribution in [0.3, 0.4) is 0 Å². The molecule has 2 amide bonds. The Bertz CT molecular complexity index is 1070. The molecule has 1 aliphatic heterocycles. The van der Waals surface area contributed by atoms with Crippen molar-refractivity contribution in [1.82, 2.24) is 5.32 Å². The highest BCUT2D eigenvalue weighted by Gasteiger charge is 2.27. The number of nitrogens with zero attached hydrogens (tertiary/aromatic N) is 1. The van der Waals surface area contributed by atoms with Crippen LogP contribution in [0.2, 0.25) is 0 Å². The lowest BCUT2D eigenvalue weighted by Crippen LogP contribution is -2.26. The van der Waals surface area contributed by atoms with Gasteiger partial charge >= 0.3 is 0 Å². The third-order valence-corrected chi connectivity index (χ3v) is 6.42. The molecule has 2 aromatic rings. The van der Waals surface area contributed by atoms with Crippen molar-refractivity contribution in [3.63, 3.8) is 0 Å². The molecule has 0 radical (unpaired) electrons. The van der Waals surface area contributed by atoms with Crippen molar-refractivity contribution in [2.75, 3.05) is 29.8 Å². The second kappa shape index (κ2) is 9.82. The van der Waals surface area contributed by atoms with Crippen LogP contribution in [-0.4, -0.2) is 40.4 Å². The van der Waals surface area contributed by atoms with Gasteiger partial charge in [0.2, 0.25) is 5.91 Å². The Morgan fingerprint density at radius 3 is 2.65 bits per heavy atom. The molecule has 0 unspecified atom stereocenters. The van der Waals surface area contributed by atoms with Crippen LogP contribution in [-0.2, 0) is 14.8 Å². The monoisotopic (exact) mass is 445 g/mol. The van der Waals surface area contributed by atoms with Gasteiger partial charge in [-0.3, -0.25) is 14.3 Å². The zero-order chi connectivity index (χ0) is 22.4. The maximum Gasteiger partial charge on any atom is 0.261 e. The molecular weight excluding hydrogens is 418 g/mol. The van der Waals surface area contributed by atoms with Gasteiger partial charge in [0.25, 0.3) is 15.9 Å². The van der Waals surface area contributed by atoms with E-state index in [9.17, 15) is 18.0 Å². The van der Waals surface area contributed by atoms with E-state index in [2.05, 4.69) is 10.0 Å². The standard InChI is InChI=1S/C22H27N3O5S/c1-3-4-13-23-22(27)17-8-5-6-9-18(17)24-31(28,29)16-11-12-20(30-2)19(15-16)25-14-7-10-21(25)26/h5-6,8-9,11-12,15,24H,3-4,7,10,13-14H2,1-2H3,(H,23,27). The average molecular weight is 446 g/mol. The highest BCUT2D eigenvalue weighted by atomic mass is 32.2. The van der Waals surface area contributed by atoms with E-state index >= 15 is 0 Å². The molecule has 0 saturated carbocycles. The lowest BCUT2D eigenvalue weighted by molar-refractivity contribution is -0.117. The zero-order valence-electron chi connectivity index (χ0n) is 17.7. The van der Waals surface area contributed by atoms with Crippen LogP contribution in [0, 0.1) is 0 Å². The van der Waals surface area contributed by atoms with Crippen LogP contribution in [0.5, 0.6) is 5.75 Å². The number of hydrogen-bond acceptors (Lipinski definition) is 5. The van der Waals surface area contributed by atoms with Crippen LogP contribution in [0.1, 0.15) is 43.0 Å². The van der Waals surface area contributed by atoms with Gasteiger partial charge in [0.1, 0.15) is 5.75 Å². The van der Waals surface area contributed by atoms with E-state index in [1.165, 1.54) is 30.2 Å².